The van der Waals surface area contributed by atoms with Gasteiger partial charge < -0.3 is 0 Å². The van der Waals surface area contributed by atoms with Crippen LogP contribution in [0.5, 0.6) is 0 Å². The van der Waals surface area contributed by atoms with Gasteiger partial charge in [-0.25, -0.2) is 0 Å². The smallest absolute Gasteiger partial charge is 0.0480 e. The summed E-state index contributed by atoms with van der Waals surface area (Å²) < 4.78 is 0. The van der Waals surface area contributed by atoms with E-state index in [1.165, 1.54) is 12.0 Å². The SMILES string of the molecule is CCC(C)c1[c]scc1. The summed E-state index contributed by atoms with van der Waals surface area (Å²) in [7, 11) is 0. The monoisotopic (exact) mass is 139 g/mol. The van der Waals surface area contributed by atoms with Crippen molar-refractivity contribution in [3.05, 3.63) is 22.4 Å². The average molecular weight is 139 g/mol. The van der Waals surface area contributed by atoms with E-state index >= 15 is 0 Å². The molecule has 0 nitrogen and oxygen atoms in total. The van der Waals surface area contributed by atoms with Gasteiger partial charge in [-0.15, -0.1) is 11.3 Å². The van der Waals surface area contributed by atoms with Crippen molar-refractivity contribution < 1.29 is 0 Å². The second kappa shape index (κ2) is 3.02. The van der Waals surface area contributed by atoms with Gasteiger partial charge >= 0.3 is 0 Å². The van der Waals surface area contributed by atoms with E-state index in [0.29, 0.717) is 5.92 Å². The third-order valence-corrected chi connectivity index (χ3v) is 2.26. The van der Waals surface area contributed by atoms with E-state index in [9.17, 15) is 0 Å². The normalized spacial score (nSPS) is 13.6. The highest BCUT2D eigenvalue weighted by atomic mass is 32.1. The maximum atomic E-state index is 3.23. The molecule has 0 fully saturated rings. The lowest BCUT2D eigenvalue weighted by molar-refractivity contribution is 0.736. The van der Waals surface area contributed by atoms with E-state index in [1.54, 1.807) is 11.3 Å². The van der Waals surface area contributed by atoms with E-state index in [-0.39, 0.29) is 0 Å². The van der Waals surface area contributed by atoms with Crippen LogP contribution in [0.1, 0.15) is 31.7 Å². The van der Waals surface area contributed by atoms with Gasteiger partial charge in [0.15, 0.2) is 0 Å². The fourth-order valence-corrected chi connectivity index (χ4v) is 1.42. The van der Waals surface area contributed by atoms with Crippen LogP contribution in [0, 0.1) is 5.38 Å². The topological polar surface area (TPSA) is 0 Å². The van der Waals surface area contributed by atoms with Crippen LogP contribution < -0.4 is 0 Å². The van der Waals surface area contributed by atoms with Gasteiger partial charge in [-0.2, -0.15) is 0 Å². The number of hydrogen-bond donors (Lipinski definition) is 0. The van der Waals surface area contributed by atoms with Gasteiger partial charge in [0.05, 0.1) is 0 Å². The first-order valence-corrected chi connectivity index (χ1v) is 4.17. The van der Waals surface area contributed by atoms with Crippen molar-refractivity contribution in [3.63, 3.8) is 0 Å². The molecule has 9 heavy (non-hydrogen) atoms. The van der Waals surface area contributed by atoms with Crippen molar-refractivity contribution >= 4 is 11.3 Å². The third-order valence-electron chi connectivity index (χ3n) is 1.64. The molecule has 0 bridgehead atoms. The molecule has 0 saturated carbocycles. The molecular weight excluding hydrogens is 128 g/mol. The van der Waals surface area contributed by atoms with Crippen molar-refractivity contribution in [2.45, 2.75) is 26.2 Å². The molecular formula is C8H11S. The first-order chi connectivity index (χ1) is 4.34. The summed E-state index contributed by atoms with van der Waals surface area (Å²) in [6.45, 7) is 4.44. The largest absolute Gasteiger partial charge is 0.143 e. The van der Waals surface area contributed by atoms with Gasteiger partial charge in [0.25, 0.3) is 0 Å². The molecule has 1 heterocycles. The van der Waals surface area contributed by atoms with Crippen molar-refractivity contribution in [2.75, 3.05) is 0 Å². The minimum Gasteiger partial charge on any atom is -0.143 e. The Morgan fingerprint density at radius 1 is 1.78 bits per heavy atom. The van der Waals surface area contributed by atoms with Crippen molar-refractivity contribution in [1.82, 2.24) is 0 Å². The predicted molar refractivity (Wildman–Crippen MR) is 41.9 cm³/mol. The average Bonchev–Trinajstić information content (AvgIpc) is 2.37. The van der Waals surface area contributed by atoms with Crippen LogP contribution in [-0.2, 0) is 0 Å². The lowest BCUT2D eigenvalue weighted by Crippen LogP contribution is -1.86. The number of thiophene rings is 1. The summed E-state index contributed by atoms with van der Waals surface area (Å²) >= 11 is 1.66. The predicted octanol–water partition coefficient (Wildman–Crippen LogP) is 3.06. The molecule has 0 amide bonds. The Balaban J connectivity index is 2.65. The van der Waals surface area contributed by atoms with Crippen molar-refractivity contribution in [3.8, 4) is 0 Å². The quantitative estimate of drug-likeness (QED) is 0.590. The van der Waals surface area contributed by atoms with E-state index in [4.69, 9.17) is 0 Å². The standard InChI is InChI=1S/C8H11S/c1-3-7(2)8-4-5-9-6-8/h4-5,7H,3H2,1-2H3. The minimum atomic E-state index is 0.691. The summed E-state index contributed by atoms with van der Waals surface area (Å²) in [5.41, 5.74) is 1.36. The highest BCUT2D eigenvalue weighted by molar-refractivity contribution is 7.07. The summed E-state index contributed by atoms with van der Waals surface area (Å²) in [6, 6.07) is 2.15. The van der Waals surface area contributed by atoms with Gasteiger partial charge in [-0.1, -0.05) is 13.8 Å². The molecule has 0 spiro atoms. The fraction of sp³-hybridized carbons (Fsp3) is 0.500. The Morgan fingerprint density at radius 2 is 2.56 bits per heavy atom. The van der Waals surface area contributed by atoms with Gasteiger partial charge in [0, 0.05) is 5.38 Å². The summed E-state index contributed by atoms with van der Waals surface area (Å²) in [6.07, 6.45) is 1.22. The Hall–Kier alpha value is -0.300. The van der Waals surface area contributed by atoms with Crippen LogP contribution in [-0.4, -0.2) is 0 Å². The molecule has 0 saturated heterocycles. The van der Waals surface area contributed by atoms with E-state index < -0.39 is 0 Å². The van der Waals surface area contributed by atoms with Gasteiger partial charge in [-0.05, 0) is 29.3 Å². The van der Waals surface area contributed by atoms with Crippen LogP contribution in [0.4, 0.5) is 0 Å². The molecule has 1 aromatic heterocycles. The molecule has 1 unspecified atom stereocenters. The molecule has 1 atom stereocenters. The Labute approximate surface area is 60.5 Å². The van der Waals surface area contributed by atoms with Gasteiger partial charge in [-0.3, -0.25) is 0 Å². The minimum absolute atomic E-state index is 0.691. The van der Waals surface area contributed by atoms with E-state index in [1.807, 2.05) is 0 Å². The molecule has 49 valence electrons. The van der Waals surface area contributed by atoms with E-state index in [0.717, 1.165) is 0 Å². The first kappa shape index (κ1) is 6.81. The molecule has 1 heteroatoms. The molecule has 1 aromatic rings. The second-order valence-corrected chi connectivity index (χ2v) is 3.00. The molecule has 0 aliphatic rings. The van der Waals surface area contributed by atoms with Crippen LogP contribution >= 0.6 is 11.3 Å². The van der Waals surface area contributed by atoms with Gasteiger partial charge in [0.1, 0.15) is 0 Å². The maximum Gasteiger partial charge on any atom is 0.0480 e. The molecule has 0 N–H and O–H groups in total. The molecule has 0 aliphatic carbocycles. The zero-order chi connectivity index (χ0) is 6.69. The number of hydrogen-bond acceptors (Lipinski definition) is 1. The molecule has 1 radical (unpaired) electrons. The van der Waals surface area contributed by atoms with Crippen LogP contribution in [0.15, 0.2) is 11.4 Å². The van der Waals surface area contributed by atoms with Crippen LogP contribution in [0.3, 0.4) is 0 Å². The summed E-state index contributed by atoms with van der Waals surface area (Å²) in [5, 5.41) is 5.31. The number of rotatable bonds is 2. The Bertz CT molecular complexity index is 153. The van der Waals surface area contributed by atoms with E-state index in [2.05, 4.69) is 30.7 Å². The Kier molecular flexibility index (Phi) is 2.29. The second-order valence-electron chi connectivity index (χ2n) is 2.29. The maximum absolute atomic E-state index is 3.23. The fourth-order valence-electron chi connectivity index (χ4n) is 0.728. The van der Waals surface area contributed by atoms with Crippen LogP contribution in [0.2, 0.25) is 0 Å². The summed E-state index contributed by atoms with van der Waals surface area (Å²) in [4.78, 5) is 0. The van der Waals surface area contributed by atoms with Gasteiger partial charge in [0.2, 0.25) is 0 Å². The molecule has 0 aliphatic heterocycles. The highest BCUT2D eigenvalue weighted by Gasteiger charge is 2.00. The first-order valence-electron chi connectivity index (χ1n) is 3.29. The van der Waals surface area contributed by atoms with Crippen LogP contribution in [0.25, 0.3) is 0 Å². The van der Waals surface area contributed by atoms with Crippen molar-refractivity contribution in [1.29, 1.82) is 0 Å². The lowest BCUT2D eigenvalue weighted by atomic mass is 10.0. The zero-order valence-electron chi connectivity index (χ0n) is 5.85. The zero-order valence-corrected chi connectivity index (χ0v) is 6.66. The molecule has 1 rings (SSSR count). The molecule has 0 aromatic carbocycles. The van der Waals surface area contributed by atoms with Crippen molar-refractivity contribution in [2.24, 2.45) is 0 Å². The lowest BCUT2D eigenvalue weighted by Gasteiger charge is -2.02. The third kappa shape index (κ3) is 1.55. The summed E-state index contributed by atoms with van der Waals surface area (Å²) in [5.74, 6) is 0.691. The highest BCUT2D eigenvalue weighted by Crippen LogP contribution is 2.19. The Morgan fingerprint density at radius 3 is 3.00 bits per heavy atom.